The summed E-state index contributed by atoms with van der Waals surface area (Å²) in [5, 5.41) is 0. The quantitative estimate of drug-likeness (QED) is 0.860. The average molecular weight is 315 g/mol. The van der Waals surface area contributed by atoms with Crippen LogP contribution in [-0.2, 0) is 11.2 Å². The van der Waals surface area contributed by atoms with Crippen molar-refractivity contribution >= 4 is 0 Å². The molecule has 0 aromatic carbocycles. The van der Waals surface area contributed by atoms with Gasteiger partial charge in [-0.3, -0.25) is 4.90 Å². The van der Waals surface area contributed by atoms with E-state index in [4.69, 9.17) is 4.74 Å². The van der Waals surface area contributed by atoms with Crippen molar-refractivity contribution in [2.45, 2.75) is 51.5 Å². The first-order chi connectivity index (χ1) is 11.3. The van der Waals surface area contributed by atoms with E-state index < -0.39 is 0 Å². The highest BCUT2D eigenvalue weighted by atomic mass is 16.5. The lowest BCUT2D eigenvalue weighted by molar-refractivity contribution is 0.0399. The molecular weight excluding hydrogens is 286 g/mol. The standard InChI is InChI=1S/C19H29N3O/c1-14-20-8-5-17(21-14)11-15-3-2-4-16-12-22(13-19(15)16)18-6-9-23-10-7-18/h5,8,15-16,18-19H,2-4,6-7,9-13H2,1H3/t15-,16-,19-/m1/s1. The molecule has 3 aliphatic rings. The van der Waals surface area contributed by atoms with Gasteiger partial charge in [0.1, 0.15) is 5.82 Å². The molecule has 1 aromatic heterocycles. The third kappa shape index (κ3) is 3.43. The van der Waals surface area contributed by atoms with Crippen LogP contribution in [0.15, 0.2) is 12.3 Å². The highest BCUT2D eigenvalue weighted by molar-refractivity contribution is 5.05. The second-order valence-corrected chi connectivity index (χ2v) is 7.71. The van der Waals surface area contributed by atoms with Crippen molar-refractivity contribution in [1.82, 2.24) is 14.9 Å². The van der Waals surface area contributed by atoms with E-state index >= 15 is 0 Å². The van der Waals surface area contributed by atoms with E-state index in [2.05, 4.69) is 20.9 Å². The number of fused-ring (bicyclic) bond motifs is 1. The Labute approximate surface area is 139 Å². The van der Waals surface area contributed by atoms with Crippen molar-refractivity contribution < 1.29 is 4.74 Å². The van der Waals surface area contributed by atoms with Gasteiger partial charge >= 0.3 is 0 Å². The predicted octanol–water partition coefficient (Wildman–Crippen LogP) is 2.85. The van der Waals surface area contributed by atoms with Gasteiger partial charge < -0.3 is 4.74 Å². The summed E-state index contributed by atoms with van der Waals surface area (Å²) >= 11 is 0. The fourth-order valence-corrected chi connectivity index (χ4v) is 5.12. The predicted molar refractivity (Wildman–Crippen MR) is 90.2 cm³/mol. The van der Waals surface area contributed by atoms with Gasteiger partial charge in [0, 0.05) is 44.2 Å². The van der Waals surface area contributed by atoms with Gasteiger partial charge in [0.15, 0.2) is 0 Å². The fourth-order valence-electron chi connectivity index (χ4n) is 5.12. The zero-order chi connectivity index (χ0) is 15.6. The number of hydrogen-bond donors (Lipinski definition) is 0. The summed E-state index contributed by atoms with van der Waals surface area (Å²) in [6.45, 7) is 6.55. The summed E-state index contributed by atoms with van der Waals surface area (Å²) in [5.74, 6) is 3.51. The van der Waals surface area contributed by atoms with E-state index in [1.807, 2.05) is 13.1 Å². The summed E-state index contributed by atoms with van der Waals surface area (Å²) in [6, 6.07) is 2.89. The molecule has 2 aliphatic heterocycles. The molecule has 1 saturated carbocycles. The van der Waals surface area contributed by atoms with Crippen LogP contribution in [0.5, 0.6) is 0 Å². The van der Waals surface area contributed by atoms with Gasteiger partial charge in [0.2, 0.25) is 0 Å². The molecule has 4 heteroatoms. The molecule has 4 nitrogen and oxygen atoms in total. The Balaban J connectivity index is 1.43. The minimum atomic E-state index is 0.774. The summed E-state index contributed by atoms with van der Waals surface area (Å²) in [4.78, 5) is 11.7. The van der Waals surface area contributed by atoms with Crippen LogP contribution in [0.4, 0.5) is 0 Å². The van der Waals surface area contributed by atoms with Crippen LogP contribution in [0.25, 0.3) is 0 Å². The maximum Gasteiger partial charge on any atom is 0.125 e. The normalized spacial score (nSPS) is 32.8. The summed E-state index contributed by atoms with van der Waals surface area (Å²) in [6.07, 6.45) is 9.74. The minimum Gasteiger partial charge on any atom is -0.381 e. The van der Waals surface area contributed by atoms with E-state index in [9.17, 15) is 0 Å². The van der Waals surface area contributed by atoms with Crippen LogP contribution in [0, 0.1) is 24.7 Å². The lowest BCUT2D eigenvalue weighted by Crippen LogP contribution is -2.38. The van der Waals surface area contributed by atoms with Crippen molar-refractivity contribution in [3.8, 4) is 0 Å². The molecule has 0 radical (unpaired) electrons. The SMILES string of the molecule is Cc1nccc(C[C@H]2CCC[C@@H]3CN(C4CCOCC4)C[C@H]23)n1. The molecule has 0 spiro atoms. The Morgan fingerprint density at radius 3 is 2.87 bits per heavy atom. The van der Waals surface area contributed by atoms with Crippen molar-refractivity contribution in [3.63, 3.8) is 0 Å². The first-order valence-electron chi connectivity index (χ1n) is 9.40. The molecule has 23 heavy (non-hydrogen) atoms. The van der Waals surface area contributed by atoms with Crippen molar-refractivity contribution in [1.29, 1.82) is 0 Å². The topological polar surface area (TPSA) is 38.2 Å². The van der Waals surface area contributed by atoms with Gasteiger partial charge in [-0.25, -0.2) is 9.97 Å². The van der Waals surface area contributed by atoms with Gasteiger partial charge in [0.05, 0.1) is 0 Å². The fraction of sp³-hybridized carbons (Fsp3) is 0.789. The summed E-state index contributed by atoms with van der Waals surface area (Å²) in [7, 11) is 0. The van der Waals surface area contributed by atoms with Crippen molar-refractivity contribution in [2.75, 3.05) is 26.3 Å². The molecule has 2 saturated heterocycles. The largest absolute Gasteiger partial charge is 0.381 e. The number of nitrogens with zero attached hydrogens (tertiary/aromatic N) is 3. The first kappa shape index (κ1) is 15.5. The second-order valence-electron chi connectivity index (χ2n) is 7.71. The van der Waals surface area contributed by atoms with E-state index in [0.717, 1.165) is 49.3 Å². The Hall–Kier alpha value is -1.00. The van der Waals surface area contributed by atoms with Crippen LogP contribution < -0.4 is 0 Å². The van der Waals surface area contributed by atoms with Gasteiger partial charge in [-0.2, -0.15) is 0 Å². The Bertz CT molecular complexity index is 529. The van der Waals surface area contributed by atoms with Crippen molar-refractivity contribution in [2.24, 2.45) is 17.8 Å². The molecular formula is C19H29N3O. The Morgan fingerprint density at radius 1 is 1.17 bits per heavy atom. The van der Waals surface area contributed by atoms with Crippen LogP contribution in [0.1, 0.15) is 43.6 Å². The van der Waals surface area contributed by atoms with Crippen LogP contribution in [0.3, 0.4) is 0 Å². The lowest BCUT2D eigenvalue weighted by atomic mass is 9.72. The average Bonchev–Trinajstić information content (AvgIpc) is 3.01. The number of aromatic nitrogens is 2. The maximum atomic E-state index is 5.55. The molecule has 1 aliphatic carbocycles. The number of aryl methyl sites for hydroxylation is 1. The van der Waals surface area contributed by atoms with Gasteiger partial charge in [0.25, 0.3) is 0 Å². The lowest BCUT2D eigenvalue weighted by Gasteiger charge is -2.33. The summed E-state index contributed by atoms with van der Waals surface area (Å²) < 4.78 is 5.55. The van der Waals surface area contributed by atoms with Gasteiger partial charge in [-0.15, -0.1) is 0 Å². The third-order valence-corrected chi connectivity index (χ3v) is 6.29. The zero-order valence-electron chi connectivity index (χ0n) is 14.3. The van der Waals surface area contributed by atoms with Crippen LogP contribution >= 0.6 is 0 Å². The molecule has 3 fully saturated rings. The number of likely N-dealkylation sites (tertiary alicyclic amines) is 1. The molecule has 1 aromatic rings. The van der Waals surface area contributed by atoms with Crippen LogP contribution in [-0.4, -0.2) is 47.2 Å². The molecule has 0 unspecified atom stereocenters. The van der Waals surface area contributed by atoms with E-state index in [1.54, 1.807) is 0 Å². The van der Waals surface area contributed by atoms with Gasteiger partial charge in [-0.1, -0.05) is 6.42 Å². The number of hydrogen-bond acceptors (Lipinski definition) is 4. The molecule has 0 bridgehead atoms. The monoisotopic (exact) mass is 315 g/mol. The number of ether oxygens (including phenoxy) is 1. The first-order valence-corrected chi connectivity index (χ1v) is 9.40. The maximum absolute atomic E-state index is 5.55. The third-order valence-electron chi connectivity index (χ3n) is 6.29. The van der Waals surface area contributed by atoms with Crippen LogP contribution in [0.2, 0.25) is 0 Å². The highest BCUT2D eigenvalue weighted by Crippen LogP contribution is 2.42. The highest BCUT2D eigenvalue weighted by Gasteiger charge is 2.42. The molecule has 3 heterocycles. The number of rotatable bonds is 3. The molecule has 3 atom stereocenters. The minimum absolute atomic E-state index is 0.774. The van der Waals surface area contributed by atoms with Gasteiger partial charge in [-0.05, 0) is 62.8 Å². The second kappa shape index (κ2) is 6.86. The molecule has 4 rings (SSSR count). The zero-order valence-corrected chi connectivity index (χ0v) is 14.3. The smallest absolute Gasteiger partial charge is 0.125 e. The Morgan fingerprint density at radius 2 is 2.04 bits per heavy atom. The molecule has 126 valence electrons. The molecule has 0 N–H and O–H groups in total. The molecule has 0 amide bonds. The summed E-state index contributed by atoms with van der Waals surface area (Å²) in [5.41, 5.74) is 1.24. The van der Waals surface area contributed by atoms with E-state index in [1.165, 1.54) is 50.9 Å². The van der Waals surface area contributed by atoms with E-state index in [-0.39, 0.29) is 0 Å². The van der Waals surface area contributed by atoms with Crippen molar-refractivity contribution in [3.05, 3.63) is 23.8 Å². The Kier molecular flexibility index (Phi) is 4.63. The van der Waals surface area contributed by atoms with E-state index in [0.29, 0.717) is 0 Å².